The lowest BCUT2D eigenvalue weighted by Crippen LogP contribution is -2.28. The molecule has 2 aromatic rings. The zero-order chi connectivity index (χ0) is 16.1. The van der Waals surface area contributed by atoms with Crippen molar-refractivity contribution in [2.24, 2.45) is 0 Å². The third-order valence-electron chi connectivity index (χ3n) is 2.64. The van der Waals surface area contributed by atoms with Gasteiger partial charge >= 0.3 is 6.03 Å². The second kappa shape index (κ2) is 7.97. The molecule has 0 aromatic heterocycles. The van der Waals surface area contributed by atoms with Crippen LogP contribution in [0.5, 0.6) is 0 Å². The van der Waals surface area contributed by atoms with Crippen LogP contribution in [0.25, 0.3) is 0 Å². The van der Waals surface area contributed by atoms with Gasteiger partial charge in [-0.3, -0.25) is 0 Å². The Hall–Kier alpha value is -1.07. The highest BCUT2D eigenvalue weighted by molar-refractivity contribution is 7.99. The molecule has 0 saturated carbocycles. The first-order chi connectivity index (χ1) is 10.5. The first kappa shape index (κ1) is 17.3. The lowest BCUT2D eigenvalue weighted by Gasteiger charge is -2.10. The Morgan fingerprint density at radius 3 is 2.27 bits per heavy atom. The first-order valence-corrected chi connectivity index (χ1v) is 8.42. The maximum Gasteiger partial charge on any atom is 0.319 e. The minimum absolute atomic E-state index is 0.264. The SMILES string of the molecule is CCNC(=O)Nc1ccc(Sc2ccc(Cl)cc2Cl)c(Cl)c1. The highest BCUT2D eigenvalue weighted by Gasteiger charge is 2.09. The largest absolute Gasteiger partial charge is 0.338 e. The van der Waals surface area contributed by atoms with Crippen molar-refractivity contribution in [2.45, 2.75) is 16.7 Å². The molecule has 0 unspecified atom stereocenters. The number of carbonyl (C=O) groups excluding carboxylic acids is 1. The molecule has 0 fully saturated rings. The standard InChI is InChI=1S/C15H13Cl3N2OS/c1-2-19-15(21)20-10-4-6-14(12(18)8-10)22-13-5-3-9(16)7-11(13)17/h3-8H,2H2,1H3,(H2,19,20,21). The molecule has 0 radical (unpaired) electrons. The van der Waals surface area contributed by atoms with Crippen molar-refractivity contribution in [1.82, 2.24) is 5.32 Å². The average Bonchev–Trinajstić information content (AvgIpc) is 2.44. The van der Waals surface area contributed by atoms with E-state index in [4.69, 9.17) is 34.8 Å². The summed E-state index contributed by atoms with van der Waals surface area (Å²) in [6.45, 7) is 2.41. The molecule has 116 valence electrons. The zero-order valence-electron chi connectivity index (χ0n) is 11.6. The number of carbonyl (C=O) groups is 1. The molecule has 2 N–H and O–H groups in total. The average molecular weight is 376 g/mol. The van der Waals surface area contributed by atoms with Crippen molar-refractivity contribution in [3.05, 3.63) is 51.5 Å². The van der Waals surface area contributed by atoms with Crippen molar-refractivity contribution >= 4 is 58.3 Å². The summed E-state index contributed by atoms with van der Waals surface area (Å²) in [5, 5.41) is 7.04. The second-order valence-electron chi connectivity index (χ2n) is 4.31. The van der Waals surface area contributed by atoms with Crippen LogP contribution in [-0.4, -0.2) is 12.6 Å². The number of hydrogen-bond donors (Lipinski definition) is 2. The number of rotatable bonds is 4. The van der Waals surface area contributed by atoms with E-state index in [1.807, 2.05) is 19.1 Å². The predicted octanol–water partition coefficient (Wildman–Crippen LogP) is 5.94. The fraction of sp³-hybridized carbons (Fsp3) is 0.133. The van der Waals surface area contributed by atoms with E-state index in [1.54, 1.807) is 24.3 Å². The van der Waals surface area contributed by atoms with Crippen LogP contribution in [-0.2, 0) is 0 Å². The number of nitrogens with one attached hydrogen (secondary N) is 2. The Bertz CT molecular complexity index is 694. The van der Waals surface area contributed by atoms with E-state index in [0.29, 0.717) is 27.3 Å². The van der Waals surface area contributed by atoms with Gasteiger partial charge in [0, 0.05) is 27.0 Å². The maximum absolute atomic E-state index is 11.5. The van der Waals surface area contributed by atoms with Crippen LogP contribution in [0.4, 0.5) is 10.5 Å². The molecule has 2 rings (SSSR count). The Morgan fingerprint density at radius 2 is 1.68 bits per heavy atom. The summed E-state index contributed by atoms with van der Waals surface area (Å²) >= 11 is 19.7. The van der Waals surface area contributed by atoms with Gasteiger partial charge in [-0.25, -0.2) is 4.79 Å². The van der Waals surface area contributed by atoms with Gasteiger partial charge in [0.2, 0.25) is 0 Å². The van der Waals surface area contributed by atoms with Gasteiger partial charge in [0.05, 0.1) is 10.0 Å². The van der Waals surface area contributed by atoms with Crippen LogP contribution in [0, 0.1) is 0 Å². The number of benzene rings is 2. The number of urea groups is 1. The Balaban J connectivity index is 2.14. The molecule has 0 atom stereocenters. The monoisotopic (exact) mass is 374 g/mol. The van der Waals surface area contributed by atoms with Crippen LogP contribution in [0.1, 0.15) is 6.92 Å². The summed E-state index contributed by atoms with van der Waals surface area (Å²) in [7, 11) is 0. The van der Waals surface area contributed by atoms with Crippen LogP contribution < -0.4 is 10.6 Å². The lowest BCUT2D eigenvalue weighted by atomic mass is 10.3. The normalized spacial score (nSPS) is 10.4. The van der Waals surface area contributed by atoms with Crippen LogP contribution in [0.3, 0.4) is 0 Å². The van der Waals surface area contributed by atoms with Crippen LogP contribution in [0.2, 0.25) is 15.1 Å². The van der Waals surface area contributed by atoms with E-state index in [2.05, 4.69) is 10.6 Å². The van der Waals surface area contributed by atoms with Gasteiger partial charge < -0.3 is 10.6 Å². The maximum atomic E-state index is 11.5. The highest BCUT2D eigenvalue weighted by Crippen LogP contribution is 2.38. The van der Waals surface area contributed by atoms with Gasteiger partial charge in [0.25, 0.3) is 0 Å². The molecule has 22 heavy (non-hydrogen) atoms. The van der Waals surface area contributed by atoms with Crippen molar-refractivity contribution < 1.29 is 4.79 Å². The number of anilines is 1. The zero-order valence-corrected chi connectivity index (χ0v) is 14.7. The van der Waals surface area contributed by atoms with E-state index < -0.39 is 0 Å². The molecule has 0 aliphatic carbocycles. The third-order valence-corrected chi connectivity index (χ3v) is 4.88. The van der Waals surface area contributed by atoms with Crippen molar-refractivity contribution in [1.29, 1.82) is 0 Å². The molecule has 2 aromatic carbocycles. The van der Waals surface area contributed by atoms with E-state index in [-0.39, 0.29) is 6.03 Å². The van der Waals surface area contributed by atoms with Crippen molar-refractivity contribution in [3.63, 3.8) is 0 Å². The molecule has 0 aliphatic heterocycles. The molecule has 3 nitrogen and oxygen atoms in total. The van der Waals surface area contributed by atoms with Gasteiger partial charge in [0.1, 0.15) is 0 Å². The minimum Gasteiger partial charge on any atom is -0.338 e. The Kier molecular flexibility index (Phi) is 6.26. The molecule has 0 saturated heterocycles. The third kappa shape index (κ3) is 4.71. The van der Waals surface area contributed by atoms with E-state index in [0.717, 1.165) is 9.79 Å². The van der Waals surface area contributed by atoms with E-state index >= 15 is 0 Å². The molecular formula is C15H13Cl3N2OS. The summed E-state index contributed by atoms with van der Waals surface area (Å²) in [5.41, 5.74) is 0.627. The molecule has 7 heteroatoms. The Morgan fingerprint density at radius 1 is 1.05 bits per heavy atom. The fourth-order valence-electron chi connectivity index (χ4n) is 1.67. The highest BCUT2D eigenvalue weighted by atomic mass is 35.5. The number of hydrogen-bond acceptors (Lipinski definition) is 2. The fourth-order valence-corrected chi connectivity index (χ4v) is 3.32. The predicted molar refractivity (Wildman–Crippen MR) is 94.7 cm³/mol. The summed E-state index contributed by atoms with van der Waals surface area (Å²) < 4.78 is 0. The molecule has 0 heterocycles. The first-order valence-electron chi connectivity index (χ1n) is 6.47. The summed E-state index contributed by atoms with van der Waals surface area (Å²) in [5.74, 6) is 0. The van der Waals surface area contributed by atoms with Gasteiger partial charge in [-0.15, -0.1) is 0 Å². The lowest BCUT2D eigenvalue weighted by molar-refractivity contribution is 0.252. The number of halogens is 3. The molecule has 0 spiro atoms. The van der Waals surface area contributed by atoms with Gasteiger partial charge in [-0.2, -0.15) is 0 Å². The smallest absolute Gasteiger partial charge is 0.319 e. The van der Waals surface area contributed by atoms with E-state index in [9.17, 15) is 4.79 Å². The number of amides is 2. The molecule has 2 amide bonds. The minimum atomic E-state index is -0.264. The summed E-state index contributed by atoms with van der Waals surface area (Å²) in [6, 6.07) is 10.3. The van der Waals surface area contributed by atoms with Crippen molar-refractivity contribution in [3.8, 4) is 0 Å². The van der Waals surface area contributed by atoms with E-state index in [1.165, 1.54) is 11.8 Å². The van der Waals surface area contributed by atoms with Crippen LogP contribution >= 0.6 is 46.6 Å². The summed E-state index contributed by atoms with van der Waals surface area (Å²) in [4.78, 5) is 13.2. The van der Waals surface area contributed by atoms with Gasteiger partial charge in [-0.05, 0) is 43.3 Å². The molecule has 0 bridgehead atoms. The van der Waals surface area contributed by atoms with Gasteiger partial charge in [0.15, 0.2) is 0 Å². The summed E-state index contributed by atoms with van der Waals surface area (Å²) in [6.07, 6.45) is 0. The van der Waals surface area contributed by atoms with Crippen molar-refractivity contribution in [2.75, 3.05) is 11.9 Å². The Labute approximate surface area is 148 Å². The van der Waals surface area contributed by atoms with Gasteiger partial charge in [-0.1, -0.05) is 46.6 Å². The second-order valence-corrected chi connectivity index (χ2v) is 6.64. The topological polar surface area (TPSA) is 41.1 Å². The van der Waals surface area contributed by atoms with Crippen LogP contribution in [0.15, 0.2) is 46.2 Å². The molecular weight excluding hydrogens is 363 g/mol. The molecule has 0 aliphatic rings. The quantitative estimate of drug-likeness (QED) is 0.694.